The summed E-state index contributed by atoms with van der Waals surface area (Å²) in [5, 5.41) is 20.0. The Kier molecular flexibility index (Phi) is 5.97. The fourth-order valence-electron chi connectivity index (χ4n) is 2.81. The van der Waals surface area contributed by atoms with Crippen molar-refractivity contribution in [1.82, 2.24) is 20.1 Å². The molecule has 0 saturated carbocycles. The standard InChI is InChI=1S/C19H16BrClN6O/c1-11-6-12(9-22)7-14(19(28)23-2)17(11)25-10-13-8-16(20)26-27(13)18-15(21)4-3-5-24-18/h3-8,25H,10H2,1-2H3,(H,23,28). The number of anilines is 1. The summed E-state index contributed by atoms with van der Waals surface area (Å²) in [4.78, 5) is 16.6. The molecule has 0 bridgehead atoms. The van der Waals surface area contributed by atoms with E-state index in [1.165, 1.54) is 0 Å². The predicted molar refractivity (Wildman–Crippen MR) is 111 cm³/mol. The molecule has 0 unspecified atom stereocenters. The van der Waals surface area contributed by atoms with Crippen LogP contribution in [0.4, 0.5) is 5.69 Å². The summed E-state index contributed by atoms with van der Waals surface area (Å²) in [7, 11) is 1.55. The first kappa shape index (κ1) is 19.9. The van der Waals surface area contributed by atoms with Crippen molar-refractivity contribution < 1.29 is 4.79 Å². The molecule has 0 radical (unpaired) electrons. The Morgan fingerprint density at radius 3 is 2.86 bits per heavy atom. The van der Waals surface area contributed by atoms with Gasteiger partial charge in [0.1, 0.15) is 4.60 Å². The van der Waals surface area contributed by atoms with Crippen LogP contribution < -0.4 is 10.6 Å². The van der Waals surface area contributed by atoms with Gasteiger partial charge in [0, 0.05) is 13.2 Å². The smallest absolute Gasteiger partial charge is 0.253 e. The van der Waals surface area contributed by atoms with E-state index in [1.807, 2.05) is 13.0 Å². The van der Waals surface area contributed by atoms with E-state index in [0.29, 0.717) is 38.8 Å². The second-order valence-electron chi connectivity index (χ2n) is 5.94. The minimum atomic E-state index is -0.273. The first-order valence-electron chi connectivity index (χ1n) is 8.30. The van der Waals surface area contributed by atoms with Crippen LogP contribution in [0.3, 0.4) is 0 Å². The molecule has 0 saturated heterocycles. The molecular formula is C19H16BrClN6O. The van der Waals surface area contributed by atoms with E-state index < -0.39 is 0 Å². The topological polar surface area (TPSA) is 95.6 Å². The Morgan fingerprint density at radius 1 is 1.39 bits per heavy atom. The van der Waals surface area contributed by atoms with E-state index in [-0.39, 0.29) is 5.91 Å². The molecule has 0 aliphatic carbocycles. The van der Waals surface area contributed by atoms with E-state index in [9.17, 15) is 10.1 Å². The van der Waals surface area contributed by atoms with Gasteiger partial charge < -0.3 is 10.6 Å². The highest BCUT2D eigenvalue weighted by atomic mass is 79.9. The summed E-state index contributed by atoms with van der Waals surface area (Å²) in [6.07, 6.45) is 1.64. The first-order valence-corrected chi connectivity index (χ1v) is 9.47. The maximum Gasteiger partial charge on any atom is 0.253 e. The number of pyridine rings is 1. The number of aromatic nitrogens is 3. The average molecular weight is 460 g/mol. The van der Waals surface area contributed by atoms with Crippen LogP contribution in [0.1, 0.15) is 27.2 Å². The maximum atomic E-state index is 12.3. The molecule has 0 aliphatic heterocycles. The summed E-state index contributed by atoms with van der Waals surface area (Å²) in [5.41, 5.74) is 3.06. The average Bonchev–Trinajstić information content (AvgIpc) is 3.06. The maximum absolute atomic E-state index is 12.3. The number of amides is 1. The molecule has 2 heterocycles. The van der Waals surface area contributed by atoms with Crippen LogP contribution in [-0.4, -0.2) is 27.7 Å². The molecule has 142 valence electrons. The number of benzene rings is 1. The highest BCUT2D eigenvalue weighted by molar-refractivity contribution is 9.10. The Morgan fingerprint density at radius 2 is 2.18 bits per heavy atom. The normalized spacial score (nSPS) is 10.4. The van der Waals surface area contributed by atoms with Crippen LogP contribution in [0.5, 0.6) is 0 Å². The molecule has 0 spiro atoms. The molecule has 28 heavy (non-hydrogen) atoms. The number of hydrogen-bond donors (Lipinski definition) is 2. The summed E-state index contributed by atoms with van der Waals surface area (Å²) in [5.74, 6) is 0.236. The lowest BCUT2D eigenvalue weighted by atomic mass is 10.0. The Hall–Kier alpha value is -2.89. The number of halogens is 2. The van der Waals surface area contributed by atoms with Crippen LogP contribution in [0.25, 0.3) is 5.82 Å². The lowest BCUT2D eigenvalue weighted by Gasteiger charge is -2.15. The molecule has 0 aliphatic rings. The molecule has 0 fully saturated rings. The van der Waals surface area contributed by atoms with Crippen molar-refractivity contribution in [3.8, 4) is 11.9 Å². The molecule has 7 nitrogen and oxygen atoms in total. The molecule has 3 aromatic rings. The van der Waals surface area contributed by atoms with Gasteiger partial charge in [0.25, 0.3) is 5.91 Å². The van der Waals surface area contributed by atoms with E-state index >= 15 is 0 Å². The molecule has 1 aromatic carbocycles. The highest BCUT2D eigenvalue weighted by Gasteiger charge is 2.17. The second kappa shape index (κ2) is 8.42. The zero-order valence-corrected chi connectivity index (χ0v) is 17.5. The van der Waals surface area contributed by atoms with Crippen molar-refractivity contribution in [2.24, 2.45) is 0 Å². The summed E-state index contributed by atoms with van der Waals surface area (Å²) >= 11 is 9.64. The van der Waals surface area contributed by atoms with Crippen LogP contribution >= 0.6 is 27.5 Å². The summed E-state index contributed by atoms with van der Waals surface area (Å²) < 4.78 is 2.27. The lowest BCUT2D eigenvalue weighted by Crippen LogP contribution is -2.21. The zero-order chi connectivity index (χ0) is 20.3. The van der Waals surface area contributed by atoms with Crippen molar-refractivity contribution in [1.29, 1.82) is 5.26 Å². The number of nitriles is 1. The molecule has 2 aromatic heterocycles. The quantitative estimate of drug-likeness (QED) is 0.604. The van der Waals surface area contributed by atoms with Gasteiger partial charge in [-0.3, -0.25) is 4.79 Å². The highest BCUT2D eigenvalue weighted by Crippen LogP contribution is 2.26. The molecule has 3 rings (SSSR count). The van der Waals surface area contributed by atoms with Gasteiger partial charge in [-0.05, 0) is 58.7 Å². The fraction of sp³-hybridized carbons (Fsp3) is 0.158. The van der Waals surface area contributed by atoms with Crippen molar-refractivity contribution in [3.05, 3.63) is 68.5 Å². The van der Waals surface area contributed by atoms with E-state index in [4.69, 9.17) is 11.6 Å². The number of rotatable bonds is 5. The Bertz CT molecular complexity index is 1090. The van der Waals surface area contributed by atoms with Gasteiger partial charge in [-0.15, -0.1) is 0 Å². The number of nitrogens with zero attached hydrogens (tertiary/aromatic N) is 4. The SMILES string of the molecule is CNC(=O)c1cc(C#N)cc(C)c1NCc1cc(Br)nn1-c1ncccc1Cl. The number of aryl methyl sites for hydroxylation is 1. The third-order valence-corrected chi connectivity index (χ3v) is 4.76. The van der Waals surface area contributed by atoms with Crippen LogP contribution in [0.2, 0.25) is 5.02 Å². The van der Waals surface area contributed by atoms with Gasteiger partial charge in [0.15, 0.2) is 5.82 Å². The summed E-state index contributed by atoms with van der Waals surface area (Å²) in [6.45, 7) is 2.21. The van der Waals surface area contributed by atoms with Crippen molar-refractivity contribution >= 4 is 39.1 Å². The first-order chi connectivity index (χ1) is 13.4. The number of carbonyl (C=O) groups excluding carboxylic acids is 1. The summed E-state index contributed by atoms with van der Waals surface area (Å²) in [6, 6.07) is 10.7. The number of hydrogen-bond acceptors (Lipinski definition) is 5. The van der Waals surface area contributed by atoms with Crippen molar-refractivity contribution in [2.75, 3.05) is 12.4 Å². The predicted octanol–water partition coefficient (Wildman–Crippen LogP) is 3.84. The van der Waals surface area contributed by atoms with Gasteiger partial charge in [-0.25, -0.2) is 9.67 Å². The second-order valence-corrected chi connectivity index (χ2v) is 7.16. The fourth-order valence-corrected chi connectivity index (χ4v) is 3.43. The van der Waals surface area contributed by atoms with Crippen molar-refractivity contribution in [2.45, 2.75) is 13.5 Å². The monoisotopic (exact) mass is 458 g/mol. The minimum absolute atomic E-state index is 0.273. The molecule has 1 amide bonds. The molecular weight excluding hydrogens is 444 g/mol. The van der Waals surface area contributed by atoms with E-state index in [0.717, 1.165) is 11.3 Å². The van der Waals surface area contributed by atoms with Crippen molar-refractivity contribution in [3.63, 3.8) is 0 Å². The largest absolute Gasteiger partial charge is 0.379 e. The lowest BCUT2D eigenvalue weighted by molar-refractivity contribution is 0.0963. The molecule has 2 N–H and O–H groups in total. The van der Waals surface area contributed by atoms with Gasteiger partial charge >= 0.3 is 0 Å². The Balaban J connectivity index is 1.97. The third-order valence-electron chi connectivity index (χ3n) is 4.08. The van der Waals surface area contributed by atoms with Crippen LogP contribution in [0, 0.1) is 18.3 Å². The zero-order valence-electron chi connectivity index (χ0n) is 15.1. The van der Waals surface area contributed by atoms with Gasteiger partial charge in [-0.2, -0.15) is 10.4 Å². The van der Waals surface area contributed by atoms with E-state index in [1.54, 1.807) is 42.2 Å². The number of nitrogens with one attached hydrogen (secondary N) is 2. The third kappa shape index (κ3) is 4.01. The van der Waals surface area contributed by atoms with E-state index in [2.05, 4.69) is 42.7 Å². The van der Waals surface area contributed by atoms with Crippen LogP contribution in [0.15, 0.2) is 41.1 Å². The van der Waals surface area contributed by atoms with Crippen LogP contribution in [-0.2, 0) is 6.54 Å². The van der Waals surface area contributed by atoms with Gasteiger partial charge in [0.05, 0.1) is 40.1 Å². The molecule has 0 atom stereocenters. The Labute approximate surface area is 175 Å². The number of carbonyl (C=O) groups is 1. The van der Waals surface area contributed by atoms with Gasteiger partial charge in [0.2, 0.25) is 0 Å². The minimum Gasteiger partial charge on any atom is -0.379 e. The molecule has 9 heteroatoms. The van der Waals surface area contributed by atoms with Gasteiger partial charge in [-0.1, -0.05) is 11.6 Å².